The number of aromatic nitrogens is 2. The number of nitrogens with zero attached hydrogens (tertiary/aromatic N) is 1. The van der Waals surface area contributed by atoms with Crippen molar-refractivity contribution in [3.05, 3.63) is 18.2 Å². The highest BCUT2D eigenvalue weighted by molar-refractivity contribution is 5.94. The predicted octanol–water partition coefficient (Wildman–Crippen LogP) is -1.74. The Balaban J connectivity index is 3.01. The first kappa shape index (κ1) is 31.5. The molecule has 0 aromatic carbocycles. The highest BCUT2D eigenvalue weighted by atomic mass is 16.4. The summed E-state index contributed by atoms with van der Waals surface area (Å²) in [6, 6.07) is -4.39. The summed E-state index contributed by atoms with van der Waals surface area (Å²) in [5, 5.41) is 17.2. The van der Waals surface area contributed by atoms with Crippen LogP contribution < -0.4 is 33.2 Å². The first-order valence-corrected chi connectivity index (χ1v) is 12.3. The molecular formula is C23H40N8O6. The standard InChI is InChI=1S/C23H40N8O6/c1-13(2)9-17(30-20(33)15(25)6-7-19(26)32)21(34)31-18(10-14-11-27-12-28-14)22(35)29-16(23(36)37)5-3-4-8-24/h11-13,15-18H,3-10,24-25H2,1-2H3,(H2,26,32)(H,27,28)(H,29,35)(H,30,33)(H,31,34)(H,36,37). The van der Waals surface area contributed by atoms with Crippen molar-refractivity contribution in [3.63, 3.8) is 0 Å². The van der Waals surface area contributed by atoms with Crippen LogP contribution in [0, 0.1) is 5.92 Å². The van der Waals surface area contributed by atoms with E-state index in [4.69, 9.17) is 17.2 Å². The molecule has 208 valence electrons. The van der Waals surface area contributed by atoms with Gasteiger partial charge in [0.05, 0.1) is 12.4 Å². The molecule has 0 saturated carbocycles. The second-order valence-corrected chi connectivity index (χ2v) is 9.33. The minimum atomic E-state index is -1.20. The topological polar surface area (TPSA) is 248 Å². The van der Waals surface area contributed by atoms with Gasteiger partial charge in [-0.1, -0.05) is 13.8 Å². The minimum Gasteiger partial charge on any atom is -0.480 e. The van der Waals surface area contributed by atoms with Gasteiger partial charge in [-0.2, -0.15) is 0 Å². The molecule has 4 atom stereocenters. The Morgan fingerprint density at radius 1 is 0.973 bits per heavy atom. The van der Waals surface area contributed by atoms with E-state index in [0.29, 0.717) is 25.1 Å². The van der Waals surface area contributed by atoms with Gasteiger partial charge in [0.15, 0.2) is 0 Å². The summed E-state index contributed by atoms with van der Waals surface area (Å²) in [4.78, 5) is 68.2. The zero-order valence-electron chi connectivity index (χ0n) is 21.4. The van der Waals surface area contributed by atoms with Gasteiger partial charge in [-0.3, -0.25) is 19.2 Å². The number of carboxylic acid groups (broad SMARTS) is 1. The van der Waals surface area contributed by atoms with E-state index in [-0.39, 0.29) is 38.0 Å². The second kappa shape index (κ2) is 16.3. The lowest BCUT2D eigenvalue weighted by atomic mass is 10.0. The van der Waals surface area contributed by atoms with Crippen molar-refractivity contribution in [3.8, 4) is 0 Å². The summed E-state index contributed by atoms with van der Waals surface area (Å²) in [6.07, 6.45) is 4.36. The van der Waals surface area contributed by atoms with Crippen molar-refractivity contribution in [1.29, 1.82) is 0 Å². The molecule has 37 heavy (non-hydrogen) atoms. The number of H-pyrrole nitrogens is 1. The van der Waals surface area contributed by atoms with Crippen molar-refractivity contribution in [2.75, 3.05) is 6.54 Å². The van der Waals surface area contributed by atoms with Crippen molar-refractivity contribution in [2.24, 2.45) is 23.1 Å². The molecule has 0 radical (unpaired) electrons. The third-order valence-corrected chi connectivity index (χ3v) is 5.55. The van der Waals surface area contributed by atoms with Gasteiger partial charge in [0.25, 0.3) is 0 Å². The average Bonchev–Trinajstić information content (AvgIpc) is 3.33. The fraction of sp³-hybridized carbons (Fsp3) is 0.652. The fourth-order valence-corrected chi connectivity index (χ4v) is 3.53. The lowest BCUT2D eigenvalue weighted by Gasteiger charge is -2.26. The molecule has 14 heteroatoms. The molecule has 11 N–H and O–H groups in total. The second-order valence-electron chi connectivity index (χ2n) is 9.33. The zero-order valence-corrected chi connectivity index (χ0v) is 21.4. The van der Waals surface area contributed by atoms with E-state index in [1.807, 2.05) is 13.8 Å². The molecule has 1 aromatic heterocycles. The molecule has 1 aromatic rings. The van der Waals surface area contributed by atoms with Crippen molar-refractivity contribution < 1.29 is 29.1 Å². The maximum atomic E-state index is 13.2. The van der Waals surface area contributed by atoms with Gasteiger partial charge in [0, 0.05) is 24.7 Å². The van der Waals surface area contributed by atoms with E-state index in [1.54, 1.807) is 0 Å². The van der Waals surface area contributed by atoms with Gasteiger partial charge in [-0.05, 0) is 44.6 Å². The predicted molar refractivity (Wildman–Crippen MR) is 134 cm³/mol. The van der Waals surface area contributed by atoms with Crippen LogP contribution in [0.2, 0.25) is 0 Å². The maximum Gasteiger partial charge on any atom is 0.326 e. The van der Waals surface area contributed by atoms with E-state index in [0.717, 1.165) is 0 Å². The van der Waals surface area contributed by atoms with Gasteiger partial charge in [-0.25, -0.2) is 9.78 Å². The number of primary amides is 1. The third kappa shape index (κ3) is 12.3. The molecule has 0 fully saturated rings. The van der Waals surface area contributed by atoms with Crippen molar-refractivity contribution >= 4 is 29.6 Å². The molecule has 0 saturated heterocycles. The van der Waals surface area contributed by atoms with Crippen LogP contribution in [-0.2, 0) is 30.4 Å². The molecule has 0 aliphatic carbocycles. The first-order valence-electron chi connectivity index (χ1n) is 12.3. The Hall–Kier alpha value is -3.52. The van der Waals surface area contributed by atoms with Crippen LogP contribution in [-0.4, -0.2) is 75.4 Å². The molecule has 4 amide bonds. The summed E-state index contributed by atoms with van der Waals surface area (Å²) < 4.78 is 0. The Labute approximate surface area is 215 Å². The summed E-state index contributed by atoms with van der Waals surface area (Å²) in [6.45, 7) is 4.11. The Kier molecular flexibility index (Phi) is 13.9. The normalized spacial score (nSPS) is 14.3. The SMILES string of the molecule is CC(C)CC(NC(=O)C(N)CCC(N)=O)C(=O)NC(Cc1cnc[nH]1)C(=O)NC(CCCCN)C(=O)O. The van der Waals surface area contributed by atoms with Crippen LogP contribution in [0.1, 0.15) is 58.1 Å². The number of rotatable bonds is 18. The number of amides is 4. The number of imidazole rings is 1. The molecule has 14 nitrogen and oxygen atoms in total. The van der Waals surface area contributed by atoms with Crippen molar-refractivity contribution in [2.45, 2.75) is 83.0 Å². The van der Waals surface area contributed by atoms with Crippen LogP contribution in [0.4, 0.5) is 0 Å². The fourth-order valence-electron chi connectivity index (χ4n) is 3.53. The van der Waals surface area contributed by atoms with E-state index in [2.05, 4.69) is 25.9 Å². The number of aromatic amines is 1. The number of nitrogens with one attached hydrogen (secondary N) is 4. The lowest BCUT2D eigenvalue weighted by Crippen LogP contribution is -2.58. The number of carbonyl (C=O) groups is 5. The monoisotopic (exact) mass is 524 g/mol. The number of carbonyl (C=O) groups excluding carboxylic acids is 4. The quantitative estimate of drug-likeness (QED) is 0.101. The lowest BCUT2D eigenvalue weighted by molar-refractivity contribution is -0.142. The highest BCUT2D eigenvalue weighted by Gasteiger charge is 2.31. The van der Waals surface area contributed by atoms with Crippen molar-refractivity contribution in [1.82, 2.24) is 25.9 Å². The van der Waals surface area contributed by atoms with E-state index in [1.165, 1.54) is 12.5 Å². The maximum absolute atomic E-state index is 13.2. The molecule has 0 bridgehead atoms. The molecular weight excluding hydrogens is 484 g/mol. The summed E-state index contributed by atoms with van der Waals surface area (Å²) in [5.41, 5.74) is 16.9. The van der Waals surface area contributed by atoms with Gasteiger partial charge in [0.1, 0.15) is 18.1 Å². The highest BCUT2D eigenvalue weighted by Crippen LogP contribution is 2.09. The van der Waals surface area contributed by atoms with E-state index < -0.39 is 53.8 Å². The van der Waals surface area contributed by atoms with Gasteiger partial charge in [0.2, 0.25) is 23.6 Å². The van der Waals surface area contributed by atoms with Crippen LogP contribution in [0.15, 0.2) is 12.5 Å². The van der Waals surface area contributed by atoms with E-state index >= 15 is 0 Å². The van der Waals surface area contributed by atoms with Crippen LogP contribution >= 0.6 is 0 Å². The number of unbranched alkanes of at least 4 members (excludes halogenated alkanes) is 1. The van der Waals surface area contributed by atoms with Crippen LogP contribution in [0.5, 0.6) is 0 Å². The first-order chi connectivity index (χ1) is 17.4. The number of carboxylic acids is 1. The van der Waals surface area contributed by atoms with E-state index in [9.17, 15) is 29.1 Å². The largest absolute Gasteiger partial charge is 0.480 e. The molecule has 1 heterocycles. The third-order valence-electron chi connectivity index (χ3n) is 5.55. The molecule has 0 spiro atoms. The molecule has 4 unspecified atom stereocenters. The average molecular weight is 525 g/mol. The Bertz CT molecular complexity index is 892. The molecule has 0 aliphatic heterocycles. The van der Waals surface area contributed by atoms with Gasteiger partial charge < -0.3 is 43.2 Å². The Morgan fingerprint density at radius 2 is 1.59 bits per heavy atom. The van der Waals surface area contributed by atoms with Crippen LogP contribution in [0.3, 0.4) is 0 Å². The smallest absolute Gasteiger partial charge is 0.326 e. The van der Waals surface area contributed by atoms with Gasteiger partial charge in [-0.15, -0.1) is 0 Å². The van der Waals surface area contributed by atoms with Gasteiger partial charge >= 0.3 is 5.97 Å². The number of aliphatic carboxylic acids is 1. The van der Waals surface area contributed by atoms with Crippen LogP contribution in [0.25, 0.3) is 0 Å². The Morgan fingerprint density at radius 3 is 2.14 bits per heavy atom. The summed E-state index contributed by atoms with van der Waals surface area (Å²) in [7, 11) is 0. The number of nitrogens with two attached hydrogens (primary N) is 3. The summed E-state index contributed by atoms with van der Waals surface area (Å²) in [5.74, 6) is -3.78. The molecule has 0 aliphatic rings. The molecule has 1 rings (SSSR count). The number of hydrogen-bond donors (Lipinski definition) is 8. The summed E-state index contributed by atoms with van der Waals surface area (Å²) >= 11 is 0. The minimum absolute atomic E-state index is 0.00304. The number of hydrogen-bond acceptors (Lipinski definition) is 8. The zero-order chi connectivity index (χ0) is 28.0.